The van der Waals surface area contributed by atoms with Crippen molar-refractivity contribution in [3.05, 3.63) is 23.2 Å². The number of benzene rings is 1. The zero-order chi connectivity index (χ0) is 10.9. The molecule has 0 unspecified atom stereocenters. The molecule has 1 aliphatic carbocycles. The number of hydrogen-bond acceptors (Lipinski definition) is 2. The average molecular weight is 225 g/mol. The van der Waals surface area contributed by atoms with Crippen molar-refractivity contribution in [3.8, 4) is 0 Å². The fraction of sp³-hybridized carbons (Fsp3) is 0.500. The Balaban J connectivity index is 2.16. The topological polar surface area (TPSA) is 38.0 Å². The number of nitrogens with two attached hydrogens (primary N) is 1. The second kappa shape index (κ2) is 3.93. The van der Waals surface area contributed by atoms with Crippen molar-refractivity contribution in [2.24, 2.45) is 0 Å². The van der Waals surface area contributed by atoms with Crippen LogP contribution in [0.3, 0.4) is 0 Å². The van der Waals surface area contributed by atoms with Gasteiger partial charge in [0.25, 0.3) is 0 Å². The normalized spacial score (nSPS) is 18.3. The van der Waals surface area contributed by atoms with Crippen molar-refractivity contribution in [1.82, 2.24) is 0 Å². The molecule has 3 N–H and O–H groups in total. The fourth-order valence-corrected chi connectivity index (χ4v) is 2.33. The first-order valence-electron chi connectivity index (χ1n) is 5.48. The largest absolute Gasteiger partial charge is 0.399 e. The molecular formula is C12H17ClN2. The van der Waals surface area contributed by atoms with E-state index in [1.54, 1.807) is 6.07 Å². The van der Waals surface area contributed by atoms with E-state index in [1.165, 1.54) is 19.3 Å². The van der Waals surface area contributed by atoms with Crippen LogP contribution in [0.25, 0.3) is 0 Å². The van der Waals surface area contributed by atoms with E-state index >= 15 is 0 Å². The molecule has 0 heterocycles. The summed E-state index contributed by atoms with van der Waals surface area (Å²) in [6.45, 7) is 2.22. The zero-order valence-corrected chi connectivity index (χ0v) is 9.77. The SMILES string of the molecule is CCC1(Nc2ccc(N)cc2Cl)CCC1. The molecule has 15 heavy (non-hydrogen) atoms. The van der Waals surface area contributed by atoms with Gasteiger partial charge in [-0.05, 0) is 43.9 Å². The van der Waals surface area contributed by atoms with Gasteiger partial charge in [0.2, 0.25) is 0 Å². The van der Waals surface area contributed by atoms with Crippen molar-refractivity contribution in [1.29, 1.82) is 0 Å². The van der Waals surface area contributed by atoms with Crippen LogP contribution >= 0.6 is 11.6 Å². The fourth-order valence-electron chi connectivity index (χ4n) is 2.09. The molecule has 1 saturated carbocycles. The van der Waals surface area contributed by atoms with E-state index in [9.17, 15) is 0 Å². The predicted molar refractivity (Wildman–Crippen MR) is 66.4 cm³/mol. The van der Waals surface area contributed by atoms with Gasteiger partial charge in [0.1, 0.15) is 0 Å². The van der Waals surface area contributed by atoms with Crippen molar-refractivity contribution in [2.75, 3.05) is 11.1 Å². The molecule has 0 radical (unpaired) electrons. The van der Waals surface area contributed by atoms with Crippen LogP contribution in [0.4, 0.5) is 11.4 Å². The standard InChI is InChI=1S/C12H17ClN2/c1-2-12(6-3-7-12)15-11-5-4-9(14)8-10(11)13/h4-5,8,15H,2-3,6-7,14H2,1H3. The third kappa shape index (κ3) is 2.05. The Morgan fingerprint density at radius 2 is 2.20 bits per heavy atom. The maximum absolute atomic E-state index is 6.13. The summed E-state index contributed by atoms with van der Waals surface area (Å²) in [5.74, 6) is 0. The van der Waals surface area contributed by atoms with E-state index in [1.807, 2.05) is 12.1 Å². The van der Waals surface area contributed by atoms with Gasteiger partial charge in [-0.15, -0.1) is 0 Å². The number of anilines is 2. The molecule has 1 fully saturated rings. The molecule has 1 aromatic rings. The molecule has 1 aliphatic rings. The maximum Gasteiger partial charge on any atom is 0.0658 e. The Bertz CT molecular complexity index is 353. The Kier molecular flexibility index (Phi) is 2.79. The molecule has 0 bridgehead atoms. The van der Waals surface area contributed by atoms with E-state index in [4.69, 9.17) is 17.3 Å². The molecule has 2 rings (SSSR count). The third-order valence-corrected chi connectivity index (χ3v) is 3.69. The van der Waals surface area contributed by atoms with Crippen LogP contribution in [0.1, 0.15) is 32.6 Å². The van der Waals surface area contributed by atoms with Gasteiger partial charge in [0, 0.05) is 11.2 Å². The Morgan fingerprint density at radius 3 is 2.67 bits per heavy atom. The van der Waals surface area contributed by atoms with Crippen molar-refractivity contribution < 1.29 is 0 Å². The van der Waals surface area contributed by atoms with Gasteiger partial charge in [-0.1, -0.05) is 18.5 Å². The minimum absolute atomic E-state index is 0.278. The first kappa shape index (κ1) is 10.6. The summed E-state index contributed by atoms with van der Waals surface area (Å²) in [7, 11) is 0. The van der Waals surface area contributed by atoms with Crippen LogP contribution in [0, 0.1) is 0 Å². The number of halogens is 1. The van der Waals surface area contributed by atoms with E-state index < -0.39 is 0 Å². The maximum atomic E-state index is 6.13. The highest BCUT2D eigenvalue weighted by Gasteiger charge is 2.35. The minimum Gasteiger partial charge on any atom is -0.399 e. The summed E-state index contributed by atoms with van der Waals surface area (Å²) in [6, 6.07) is 5.65. The first-order valence-corrected chi connectivity index (χ1v) is 5.86. The highest BCUT2D eigenvalue weighted by Crippen LogP contribution is 2.39. The van der Waals surface area contributed by atoms with Crippen LogP contribution in [0.2, 0.25) is 5.02 Å². The minimum atomic E-state index is 0.278. The average Bonchev–Trinajstić information content (AvgIpc) is 2.14. The quantitative estimate of drug-likeness (QED) is 0.769. The smallest absolute Gasteiger partial charge is 0.0658 e. The Morgan fingerprint density at radius 1 is 1.47 bits per heavy atom. The molecule has 0 aliphatic heterocycles. The molecule has 2 nitrogen and oxygen atoms in total. The number of rotatable bonds is 3. The summed E-state index contributed by atoms with van der Waals surface area (Å²) in [6.07, 6.45) is 4.94. The van der Waals surface area contributed by atoms with Gasteiger partial charge in [0.15, 0.2) is 0 Å². The molecule has 3 heteroatoms. The molecule has 0 aromatic heterocycles. The van der Waals surface area contributed by atoms with Gasteiger partial charge in [-0.2, -0.15) is 0 Å². The molecule has 0 saturated heterocycles. The lowest BCUT2D eigenvalue weighted by Crippen LogP contribution is -2.44. The van der Waals surface area contributed by atoms with Crippen LogP contribution in [0.15, 0.2) is 18.2 Å². The number of hydrogen-bond donors (Lipinski definition) is 2. The van der Waals surface area contributed by atoms with Crippen LogP contribution in [-0.2, 0) is 0 Å². The molecule has 0 spiro atoms. The van der Waals surface area contributed by atoms with Crippen LogP contribution in [-0.4, -0.2) is 5.54 Å². The molecule has 82 valence electrons. The van der Waals surface area contributed by atoms with E-state index in [0.29, 0.717) is 5.69 Å². The molecule has 0 amide bonds. The molecule has 1 aromatic carbocycles. The van der Waals surface area contributed by atoms with E-state index in [2.05, 4.69) is 12.2 Å². The lowest BCUT2D eigenvalue weighted by molar-refractivity contribution is 0.269. The Hall–Kier alpha value is -0.890. The van der Waals surface area contributed by atoms with Gasteiger partial charge in [0.05, 0.1) is 10.7 Å². The van der Waals surface area contributed by atoms with E-state index in [0.717, 1.165) is 17.1 Å². The van der Waals surface area contributed by atoms with Crippen molar-refractivity contribution >= 4 is 23.0 Å². The Labute approximate surface area is 95.8 Å². The van der Waals surface area contributed by atoms with Gasteiger partial charge >= 0.3 is 0 Å². The van der Waals surface area contributed by atoms with Gasteiger partial charge in [-0.25, -0.2) is 0 Å². The second-order valence-electron chi connectivity index (χ2n) is 4.35. The molecule has 0 atom stereocenters. The van der Waals surface area contributed by atoms with Crippen LogP contribution in [0.5, 0.6) is 0 Å². The lowest BCUT2D eigenvalue weighted by atomic mass is 9.74. The second-order valence-corrected chi connectivity index (χ2v) is 4.76. The highest BCUT2D eigenvalue weighted by atomic mass is 35.5. The highest BCUT2D eigenvalue weighted by molar-refractivity contribution is 6.33. The van der Waals surface area contributed by atoms with Gasteiger partial charge in [-0.3, -0.25) is 0 Å². The van der Waals surface area contributed by atoms with E-state index in [-0.39, 0.29) is 5.54 Å². The predicted octanol–water partition coefficient (Wildman–Crippen LogP) is 3.67. The van der Waals surface area contributed by atoms with Gasteiger partial charge < -0.3 is 11.1 Å². The van der Waals surface area contributed by atoms with Crippen LogP contribution < -0.4 is 11.1 Å². The number of nitrogens with one attached hydrogen (secondary N) is 1. The summed E-state index contributed by atoms with van der Waals surface area (Å²) in [5.41, 5.74) is 7.66. The third-order valence-electron chi connectivity index (χ3n) is 3.38. The summed E-state index contributed by atoms with van der Waals surface area (Å²) < 4.78 is 0. The summed E-state index contributed by atoms with van der Waals surface area (Å²) in [4.78, 5) is 0. The zero-order valence-electron chi connectivity index (χ0n) is 9.02. The summed E-state index contributed by atoms with van der Waals surface area (Å²) >= 11 is 6.13. The first-order chi connectivity index (χ1) is 7.15. The lowest BCUT2D eigenvalue weighted by Gasteiger charge is -2.43. The van der Waals surface area contributed by atoms with Crippen molar-refractivity contribution in [3.63, 3.8) is 0 Å². The number of nitrogen functional groups attached to an aromatic ring is 1. The van der Waals surface area contributed by atoms with Crippen molar-refractivity contribution in [2.45, 2.75) is 38.1 Å². The monoisotopic (exact) mass is 224 g/mol. The molecular weight excluding hydrogens is 208 g/mol. The summed E-state index contributed by atoms with van der Waals surface area (Å²) in [5, 5.41) is 4.27.